The van der Waals surface area contributed by atoms with Crippen molar-refractivity contribution in [2.45, 2.75) is 12.5 Å². The van der Waals surface area contributed by atoms with Gasteiger partial charge in [0.1, 0.15) is 5.75 Å². The Morgan fingerprint density at radius 1 is 1.20 bits per heavy atom. The van der Waals surface area contributed by atoms with Gasteiger partial charge in [-0.2, -0.15) is 0 Å². The van der Waals surface area contributed by atoms with E-state index in [2.05, 4.69) is 27.7 Å². The number of carbonyl (C=O) groups excluding carboxylic acids is 2. The first-order valence-electron chi connectivity index (χ1n) is 9.88. The lowest BCUT2D eigenvalue weighted by Gasteiger charge is -2.33. The van der Waals surface area contributed by atoms with E-state index >= 15 is 0 Å². The molecule has 2 aromatic rings. The van der Waals surface area contributed by atoms with Crippen LogP contribution in [0, 0.1) is 0 Å². The zero-order valence-electron chi connectivity index (χ0n) is 16.9. The third-order valence-electron chi connectivity index (χ3n) is 4.87. The molecule has 0 saturated carbocycles. The van der Waals surface area contributed by atoms with Crippen LogP contribution in [0.25, 0.3) is 0 Å². The summed E-state index contributed by atoms with van der Waals surface area (Å²) in [5.74, 6) is -0.908. The van der Waals surface area contributed by atoms with Gasteiger partial charge in [-0.05, 0) is 30.2 Å². The molecule has 2 amide bonds. The molecule has 1 aliphatic rings. The average Bonchev–Trinajstić information content (AvgIpc) is 2.77. The van der Waals surface area contributed by atoms with Crippen molar-refractivity contribution in [2.75, 3.05) is 45.2 Å². The smallest absolute Gasteiger partial charge is 0.313 e. The number of morpholine rings is 1. The van der Waals surface area contributed by atoms with E-state index in [9.17, 15) is 9.59 Å². The third kappa shape index (κ3) is 6.19. The molecular weight excluding hydrogens is 406 g/mol. The van der Waals surface area contributed by atoms with Crippen LogP contribution in [0.3, 0.4) is 0 Å². The SMILES string of the molecule is COc1ccc(NC(=O)C(=O)NCCCN2CCO[C@@H](c3ccccc3)C2)cc1Cl. The number of rotatable bonds is 7. The number of ether oxygens (including phenoxy) is 2. The van der Waals surface area contributed by atoms with Crippen molar-refractivity contribution in [1.29, 1.82) is 0 Å². The summed E-state index contributed by atoms with van der Waals surface area (Å²) in [6.07, 6.45) is 0.811. The number of amides is 2. The molecule has 160 valence electrons. The van der Waals surface area contributed by atoms with Gasteiger partial charge >= 0.3 is 11.8 Å². The monoisotopic (exact) mass is 431 g/mol. The Morgan fingerprint density at radius 3 is 2.73 bits per heavy atom. The molecule has 0 spiro atoms. The Morgan fingerprint density at radius 2 is 2.00 bits per heavy atom. The number of anilines is 1. The van der Waals surface area contributed by atoms with Crippen LogP contribution in [0.1, 0.15) is 18.1 Å². The fourth-order valence-electron chi connectivity index (χ4n) is 3.29. The summed E-state index contributed by atoms with van der Waals surface area (Å²) >= 11 is 6.03. The number of methoxy groups -OCH3 is 1. The van der Waals surface area contributed by atoms with Gasteiger partial charge in [-0.25, -0.2) is 0 Å². The molecule has 0 aromatic heterocycles. The summed E-state index contributed by atoms with van der Waals surface area (Å²) < 4.78 is 10.9. The fourth-order valence-corrected chi connectivity index (χ4v) is 3.55. The lowest BCUT2D eigenvalue weighted by Crippen LogP contribution is -2.41. The van der Waals surface area contributed by atoms with E-state index in [1.165, 1.54) is 18.7 Å². The first kappa shape index (κ1) is 22.1. The third-order valence-corrected chi connectivity index (χ3v) is 5.17. The predicted octanol–water partition coefficient (Wildman–Crippen LogP) is 2.87. The number of hydrogen-bond acceptors (Lipinski definition) is 5. The highest BCUT2D eigenvalue weighted by atomic mass is 35.5. The molecule has 2 N–H and O–H groups in total. The van der Waals surface area contributed by atoms with Crippen molar-refractivity contribution in [3.63, 3.8) is 0 Å². The van der Waals surface area contributed by atoms with E-state index in [0.29, 0.717) is 29.6 Å². The van der Waals surface area contributed by atoms with E-state index in [1.54, 1.807) is 12.1 Å². The molecule has 0 bridgehead atoms. The molecule has 1 saturated heterocycles. The van der Waals surface area contributed by atoms with Crippen LogP contribution in [0.5, 0.6) is 5.75 Å². The fraction of sp³-hybridized carbons (Fsp3) is 0.364. The molecule has 3 rings (SSSR count). The van der Waals surface area contributed by atoms with Crippen molar-refractivity contribution in [2.24, 2.45) is 0 Å². The number of halogens is 1. The Kier molecular flexibility index (Phi) is 8.07. The largest absolute Gasteiger partial charge is 0.495 e. The maximum atomic E-state index is 12.0. The van der Waals surface area contributed by atoms with Crippen molar-refractivity contribution in [3.8, 4) is 5.75 Å². The molecule has 8 heteroatoms. The second-order valence-electron chi connectivity index (χ2n) is 6.98. The van der Waals surface area contributed by atoms with Crippen LogP contribution in [-0.2, 0) is 14.3 Å². The summed E-state index contributed by atoms with van der Waals surface area (Å²) in [7, 11) is 1.51. The minimum absolute atomic E-state index is 0.0663. The highest BCUT2D eigenvalue weighted by Gasteiger charge is 2.21. The highest BCUT2D eigenvalue weighted by Crippen LogP contribution is 2.27. The van der Waals surface area contributed by atoms with E-state index < -0.39 is 11.8 Å². The summed E-state index contributed by atoms with van der Waals surface area (Å²) in [6, 6.07) is 14.9. The van der Waals surface area contributed by atoms with Crippen molar-refractivity contribution in [1.82, 2.24) is 10.2 Å². The van der Waals surface area contributed by atoms with Crippen LogP contribution in [0.2, 0.25) is 5.02 Å². The minimum Gasteiger partial charge on any atom is -0.495 e. The summed E-state index contributed by atoms with van der Waals surface area (Å²) in [6.45, 7) is 3.59. The minimum atomic E-state index is -0.730. The van der Waals surface area contributed by atoms with Gasteiger partial charge in [0.2, 0.25) is 0 Å². The number of hydrogen-bond donors (Lipinski definition) is 2. The first-order chi connectivity index (χ1) is 14.6. The molecule has 0 radical (unpaired) electrons. The lowest BCUT2D eigenvalue weighted by molar-refractivity contribution is -0.136. The second kappa shape index (κ2) is 11.0. The van der Waals surface area contributed by atoms with E-state index in [1.807, 2.05) is 18.2 Å². The molecule has 0 unspecified atom stereocenters. The van der Waals surface area contributed by atoms with Crippen LogP contribution < -0.4 is 15.4 Å². The predicted molar refractivity (Wildman–Crippen MR) is 116 cm³/mol. The number of benzene rings is 2. The van der Waals surface area contributed by atoms with Gasteiger partial charge in [-0.1, -0.05) is 41.9 Å². The quantitative estimate of drug-likeness (QED) is 0.520. The molecule has 1 fully saturated rings. The highest BCUT2D eigenvalue weighted by molar-refractivity contribution is 6.40. The molecule has 30 heavy (non-hydrogen) atoms. The van der Waals surface area contributed by atoms with Gasteiger partial charge in [0, 0.05) is 31.9 Å². The molecule has 1 aliphatic heterocycles. The summed E-state index contributed by atoms with van der Waals surface area (Å²) in [5, 5.41) is 5.54. The Bertz CT molecular complexity index is 863. The van der Waals surface area contributed by atoms with Crippen LogP contribution >= 0.6 is 11.6 Å². The van der Waals surface area contributed by atoms with E-state index in [4.69, 9.17) is 21.1 Å². The maximum absolute atomic E-state index is 12.0. The molecule has 2 aromatic carbocycles. The topological polar surface area (TPSA) is 79.9 Å². The van der Waals surface area contributed by atoms with Gasteiger partial charge in [0.05, 0.1) is 24.8 Å². The molecule has 1 heterocycles. The van der Waals surface area contributed by atoms with Gasteiger partial charge < -0.3 is 20.1 Å². The molecular formula is C22H26ClN3O4. The normalized spacial score (nSPS) is 16.7. The number of carbonyl (C=O) groups is 2. The Balaban J connectivity index is 1.38. The van der Waals surface area contributed by atoms with Gasteiger partial charge in [0.15, 0.2) is 0 Å². The summed E-state index contributed by atoms with van der Waals surface area (Å²) in [5.41, 5.74) is 1.60. The number of nitrogens with zero attached hydrogens (tertiary/aromatic N) is 1. The Labute approximate surface area is 181 Å². The average molecular weight is 432 g/mol. The van der Waals surface area contributed by atoms with Crippen LogP contribution in [0.15, 0.2) is 48.5 Å². The maximum Gasteiger partial charge on any atom is 0.313 e. The van der Waals surface area contributed by atoms with Crippen LogP contribution in [0.4, 0.5) is 5.69 Å². The van der Waals surface area contributed by atoms with E-state index in [-0.39, 0.29) is 6.10 Å². The first-order valence-corrected chi connectivity index (χ1v) is 10.3. The van der Waals surface area contributed by atoms with Gasteiger partial charge in [0.25, 0.3) is 0 Å². The van der Waals surface area contributed by atoms with Crippen LogP contribution in [-0.4, -0.2) is 56.6 Å². The second-order valence-corrected chi connectivity index (χ2v) is 7.39. The summed E-state index contributed by atoms with van der Waals surface area (Å²) in [4.78, 5) is 26.4. The standard InChI is InChI=1S/C22H26ClN3O4/c1-29-19-9-8-17(14-18(19)23)25-22(28)21(27)24-10-5-11-26-12-13-30-20(15-26)16-6-3-2-4-7-16/h2-4,6-9,14,20H,5,10-13,15H2,1H3,(H,24,27)(H,25,28)/t20-/m1/s1. The Hall–Kier alpha value is -2.61. The lowest BCUT2D eigenvalue weighted by atomic mass is 10.1. The molecule has 1 atom stereocenters. The van der Waals surface area contributed by atoms with Gasteiger partial charge in [-0.3, -0.25) is 14.5 Å². The van der Waals surface area contributed by atoms with Gasteiger partial charge in [-0.15, -0.1) is 0 Å². The van der Waals surface area contributed by atoms with Crippen molar-refractivity contribution in [3.05, 3.63) is 59.1 Å². The van der Waals surface area contributed by atoms with Crippen molar-refractivity contribution >= 4 is 29.1 Å². The zero-order chi connectivity index (χ0) is 21.3. The van der Waals surface area contributed by atoms with Crippen molar-refractivity contribution < 1.29 is 19.1 Å². The number of nitrogens with one attached hydrogen (secondary N) is 2. The molecule has 0 aliphatic carbocycles. The zero-order valence-corrected chi connectivity index (χ0v) is 17.7. The molecule has 7 nitrogen and oxygen atoms in total. The van der Waals surface area contributed by atoms with E-state index in [0.717, 1.165) is 26.1 Å².